The van der Waals surface area contributed by atoms with Gasteiger partial charge in [0.15, 0.2) is 11.5 Å². The number of hydrogen-bond donors (Lipinski definition) is 1. The monoisotopic (exact) mass is 510 g/mol. The Labute approximate surface area is 217 Å². The molecule has 2 aliphatic rings. The number of nitrogens with one attached hydrogen (secondary N) is 1. The van der Waals surface area contributed by atoms with Crippen molar-refractivity contribution >= 4 is 34.3 Å². The lowest BCUT2D eigenvalue weighted by Gasteiger charge is -2.25. The molecule has 36 heavy (non-hydrogen) atoms. The van der Waals surface area contributed by atoms with Crippen LogP contribution in [0.1, 0.15) is 44.2 Å². The van der Waals surface area contributed by atoms with E-state index in [4.69, 9.17) is 9.47 Å². The van der Waals surface area contributed by atoms with E-state index in [1.54, 1.807) is 7.11 Å². The number of nitrogens with zero attached hydrogens (tertiary/aromatic N) is 3. The van der Waals surface area contributed by atoms with Gasteiger partial charge in [0.1, 0.15) is 0 Å². The number of carbonyl (C=O) groups excluding carboxylic acids is 2. The Hall–Kier alpha value is -3.04. The van der Waals surface area contributed by atoms with Crippen LogP contribution in [0.5, 0.6) is 11.5 Å². The molecule has 0 atom stereocenters. The second kappa shape index (κ2) is 12.3. The van der Waals surface area contributed by atoms with E-state index >= 15 is 0 Å². The van der Waals surface area contributed by atoms with Crippen LogP contribution in [0, 0.1) is 0 Å². The average molecular weight is 511 g/mol. The number of piperidine rings is 1. The maximum atomic E-state index is 12.6. The van der Waals surface area contributed by atoms with Gasteiger partial charge in [0, 0.05) is 17.0 Å². The van der Waals surface area contributed by atoms with Gasteiger partial charge >= 0.3 is 5.24 Å². The number of anilines is 1. The number of ether oxygens (including phenoxy) is 2. The van der Waals surface area contributed by atoms with Crippen LogP contribution >= 0.6 is 11.8 Å². The van der Waals surface area contributed by atoms with Crippen LogP contribution < -0.4 is 14.8 Å². The summed E-state index contributed by atoms with van der Waals surface area (Å²) in [6.07, 6.45) is 3.57. The number of methoxy groups -OCH3 is 1. The maximum Gasteiger partial charge on any atom is 0.302 e. The van der Waals surface area contributed by atoms with Crippen molar-refractivity contribution in [1.82, 2.24) is 9.91 Å². The third-order valence-corrected chi connectivity index (χ3v) is 6.91. The highest BCUT2D eigenvalue weighted by Gasteiger charge is 2.23. The zero-order chi connectivity index (χ0) is 25.5. The molecule has 2 amide bonds. The summed E-state index contributed by atoms with van der Waals surface area (Å²) in [6.45, 7) is 6.67. The normalized spacial score (nSPS) is 16.6. The second-order valence-corrected chi connectivity index (χ2v) is 10.2. The molecule has 2 heterocycles. The first-order valence-corrected chi connectivity index (χ1v) is 13.4. The highest BCUT2D eigenvalue weighted by Crippen LogP contribution is 2.31. The number of hydrazone groups is 1. The van der Waals surface area contributed by atoms with E-state index in [1.165, 1.54) is 23.2 Å². The molecule has 0 unspecified atom stereocenters. The van der Waals surface area contributed by atoms with Crippen molar-refractivity contribution in [1.29, 1.82) is 0 Å². The first kappa shape index (κ1) is 26.0. The van der Waals surface area contributed by atoms with E-state index in [0.29, 0.717) is 30.3 Å². The molecule has 0 aliphatic carbocycles. The molecule has 0 bridgehead atoms. The van der Waals surface area contributed by atoms with Crippen molar-refractivity contribution in [2.45, 2.75) is 45.8 Å². The predicted molar refractivity (Wildman–Crippen MR) is 144 cm³/mol. The van der Waals surface area contributed by atoms with Gasteiger partial charge in [-0.3, -0.25) is 14.5 Å². The van der Waals surface area contributed by atoms with Crippen LogP contribution in [-0.4, -0.2) is 65.4 Å². The van der Waals surface area contributed by atoms with E-state index < -0.39 is 0 Å². The quantitative estimate of drug-likeness (QED) is 0.512. The fraction of sp³-hybridized carbons (Fsp3) is 0.444. The summed E-state index contributed by atoms with van der Waals surface area (Å²) >= 11 is 1.23. The SMILES string of the molecule is COc1ccc(C2=NN(Cc3ccc(NC(=O)CN4CCCCC4)cc3)C(=O)SC2)cc1OC(C)C. The molecule has 0 aromatic heterocycles. The van der Waals surface area contributed by atoms with Crippen LogP contribution in [0.3, 0.4) is 0 Å². The topological polar surface area (TPSA) is 83.5 Å². The Kier molecular flexibility index (Phi) is 8.88. The highest BCUT2D eigenvalue weighted by atomic mass is 32.2. The van der Waals surface area contributed by atoms with Crippen LogP contribution in [-0.2, 0) is 11.3 Å². The summed E-state index contributed by atoms with van der Waals surface area (Å²) in [5.41, 5.74) is 3.38. The van der Waals surface area contributed by atoms with Crippen LogP contribution in [0.15, 0.2) is 47.6 Å². The lowest BCUT2D eigenvalue weighted by atomic mass is 10.1. The summed E-state index contributed by atoms with van der Waals surface area (Å²) in [6, 6.07) is 13.3. The van der Waals surface area contributed by atoms with E-state index in [0.717, 1.165) is 48.5 Å². The van der Waals surface area contributed by atoms with Gasteiger partial charge in [-0.2, -0.15) is 5.10 Å². The predicted octanol–water partition coefficient (Wildman–Crippen LogP) is 4.98. The van der Waals surface area contributed by atoms with E-state index in [2.05, 4.69) is 15.3 Å². The Bertz CT molecular complexity index is 1100. The number of amides is 2. The van der Waals surface area contributed by atoms with Crippen molar-refractivity contribution in [2.24, 2.45) is 5.10 Å². The first-order valence-electron chi connectivity index (χ1n) is 12.4. The van der Waals surface area contributed by atoms with Crippen molar-refractivity contribution in [2.75, 3.05) is 37.8 Å². The molecule has 192 valence electrons. The van der Waals surface area contributed by atoms with E-state index in [9.17, 15) is 9.59 Å². The summed E-state index contributed by atoms with van der Waals surface area (Å²) in [4.78, 5) is 27.1. The summed E-state index contributed by atoms with van der Waals surface area (Å²) in [7, 11) is 1.61. The molecule has 1 fully saturated rings. The molecule has 8 nitrogen and oxygen atoms in total. The fourth-order valence-corrected chi connectivity index (χ4v) is 4.99. The third-order valence-electron chi connectivity index (χ3n) is 6.03. The van der Waals surface area contributed by atoms with Gasteiger partial charge in [0.25, 0.3) is 0 Å². The van der Waals surface area contributed by atoms with Crippen molar-refractivity contribution < 1.29 is 19.1 Å². The van der Waals surface area contributed by atoms with Gasteiger partial charge < -0.3 is 14.8 Å². The average Bonchev–Trinajstić information content (AvgIpc) is 2.86. The minimum Gasteiger partial charge on any atom is -0.493 e. The van der Waals surface area contributed by atoms with Gasteiger partial charge in [-0.15, -0.1) is 0 Å². The Morgan fingerprint density at radius 2 is 1.83 bits per heavy atom. The molecule has 9 heteroatoms. The molecule has 2 aromatic carbocycles. The van der Waals surface area contributed by atoms with E-state index in [-0.39, 0.29) is 17.3 Å². The third kappa shape index (κ3) is 7.01. The zero-order valence-electron chi connectivity index (χ0n) is 21.2. The maximum absolute atomic E-state index is 12.6. The molecular formula is C27H34N4O4S. The number of thioether (sulfide) groups is 1. The van der Waals surface area contributed by atoms with Gasteiger partial charge in [0.05, 0.1) is 32.0 Å². The van der Waals surface area contributed by atoms with E-state index in [1.807, 2.05) is 56.3 Å². The molecule has 4 rings (SSSR count). The lowest BCUT2D eigenvalue weighted by molar-refractivity contribution is -0.117. The van der Waals surface area contributed by atoms with Gasteiger partial charge in [-0.1, -0.05) is 30.3 Å². The van der Waals surface area contributed by atoms with Gasteiger partial charge in [0.2, 0.25) is 5.91 Å². The number of rotatable bonds is 9. The van der Waals surface area contributed by atoms with Crippen LogP contribution in [0.25, 0.3) is 0 Å². The Balaban J connectivity index is 1.40. The summed E-state index contributed by atoms with van der Waals surface area (Å²) < 4.78 is 11.3. The minimum atomic E-state index is -0.0928. The Morgan fingerprint density at radius 3 is 2.53 bits per heavy atom. The largest absolute Gasteiger partial charge is 0.493 e. The van der Waals surface area contributed by atoms with Gasteiger partial charge in [-0.05, 0) is 75.7 Å². The molecule has 2 aliphatic heterocycles. The smallest absolute Gasteiger partial charge is 0.302 e. The number of carbonyl (C=O) groups is 2. The standard InChI is InChI=1S/C27H34N4O4S/c1-19(2)35-25-15-21(9-12-24(25)34-3)23-18-36-27(33)31(29-23)16-20-7-10-22(11-8-20)28-26(32)17-30-13-5-4-6-14-30/h7-12,15,19H,4-6,13-14,16-18H2,1-3H3,(H,28,32). The summed E-state index contributed by atoms with van der Waals surface area (Å²) in [5.74, 6) is 1.80. The fourth-order valence-electron chi connectivity index (χ4n) is 4.25. The number of benzene rings is 2. The molecular weight excluding hydrogens is 476 g/mol. The minimum absolute atomic E-state index is 0.00167. The first-order chi connectivity index (χ1) is 17.4. The molecule has 2 aromatic rings. The summed E-state index contributed by atoms with van der Waals surface area (Å²) in [5, 5.41) is 9.01. The molecule has 1 N–H and O–H groups in total. The Morgan fingerprint density at radius 1 is 1.08 bits per heavy atom. The molecule has 0 spiro atoms. The second-order valence-electron chi connectivity index (χ2n) is 9.27. The van der Waals surface area contributed by atoms with Crippen LogP contribution in [0.4, 0.5) is 10.5 Å². The molecule has 0 saturated carbocycles. The molecule has 0 radical (unpaired) electrons. The van der Waals surface area contributed by atoms with Crippen molar-refractivity contribution in [3.63, 3.8) is 0 Å². The van der Waals surface area contributed by atoms with Crippen molar-refractivity contribution in [3.8, 4) is 11.5 Å². The van der Waals surface area contributed by atoms with Crippen LogP contribution in [0.2, 0.25) is 0 Å². The number of hydrogen-bond acceptors (Lipinski definition) is 7. The highest BCUT2D eigenvalue weighted by molar-refractivity contribution is 8.14. The van der Waals surface area contributed by atoms with Gasteiger partial charge in [-0.25, -0.2) is 5.01 Å². The van der Waals surface area contributed by atoms with Crippen molar-refractivity contribution in [3.05, 3.63) is 53.6 Å². The number of likely N-dealkylation sites (tertiary alicyclic amines) is 1. The zero-order valence-corrected chi connectivity index (χ0v) is 22.0. The molecule has 1 saturated heterocycles. The lowest BCUT2D eigenvalue weighted by Crippen LogP contribution is -2.36.